The second-order valence-electron chi connectivity index (χ2n) is 7.30. The normalized spacial score (nSPS) is 12.1. The van der Waals surface area contributed by atoms with Gasteiger partial charge in [-0.05, 0) is 60.7 Å². The van der Waals surface area contributed by atoms with Gasteiger partial charge in [-0.1, -0.05) is 37.6 Å². The standard InChI is InChI=1S/C22H25ClN4O2/c1-14(2)19-10-20(23)15(3)9-21(19)29-11-22(28)26-16(4)17-5-7-18(8-6-17)27-13-24-12-25-27/h5-10,12-14,16H,11H2,1-4H3,(H,26,28)/t16-/m0/s1. The van der Waals surface area contributed by atoms with Gasteiger partial charge in [0.1, 0.15) is 18.4 Å². The van der Waals surface area contributed by atoms with Crippen LogP contribution in [0.2, 0.25) is 5.02 Å². The molecule has 152 valence electrons. The molecule has 3 rings (SSSR count). The van der Waals surface area contributed by atoms with Crippen molar-refractivity contribution < 1.29 is 9.53 Å². The molecule has 0 radical (unpaired) electrons. The minimum Gasteiger partial charge on any atom is -0.483 e. The number of aryl methyl sites for hydroxylation is 1. The van der Waals surface area contributed by atoms with Crippen LogP contribution in [-0.4, -0.2) is 27.3 Å². The maximum atomic E-state index is 12.4. The Kier molecular flexibility index (Phi) is 6.54. The molecular weight excluding hydrogens is 388 g/mol. The fourth-order valence-corrected chi connectivity index (χ4v) is 3.19. The van der Waals surface area contributed by atoms with Crippen molar-refractivity contribution in [2.24, 2.45) is 0 Å². The van der Waals surface area contributed by atoms with Gasteiger partial charge in [-0.3, -0.25) is 4.79 Å². The summed E-state index contributed by atoms with van der Waals surface area (Å²) in [7, 11) is 0. The lowest BCUT2D eigenvalue weighted by Crippen LogP contribution is -2.31. The van der Waals surface area contributed by atoms with E-state index in [0.29, 0.717) is 10.8 Å². The number of carbonyl (C=O) groups excluding carboxylic acids is 1. The average Bonchev–Trinajstić information content (AvgIpc) is 3.23. The molecule has 29 heavy (non-hydrogen) atoms. The molecule has 1 N–H and O–H groups in total. The molecule has 3 aromatic rings. The van der Waals surface area contributed by atoms with Gasteiger partial charge in [-0.15, -0.1) is 0 Å². The number of halogens is 1. The van der Waals surface area contributed by atoms with Crippen LogP contribution in [0.25, 0.3) is 5.69 Å². The highest BCUT2D eigenvalue weighted by Gasteiger charge is 2.14. The van der Waals surface area contributed by atoms with Gasteiger partial charge in [0.2, 0.25) is 0 Å². The van der Waals surface area contributed by atoms with E-state index in [4.69, 9.17) is 16.3 Å². The largest absolute Gasteiger partial charge is 0.483 e. The lowest BCUT2D eigenvalue weighted by Gasteiger charge is -2.18. The highest BCUT2D eigenvalue weighted by atomic mass is 35.5. The summed E-state index contributed by atoms with van der Waals surface area (Å²) >= 11 is 6.23. The van der Waals surface area contributed by atoms with Crippen molar-refractivity contribution in [3.63, 3.8) is 0 Å². The molecule has 1 heterocycles. The van der Waals surface area contributed by atoms with Gasteiger partial charge < -0.3 is 10.1 Å². The molecule has 7 heteroatoms. The monoisotopic (exact) mass is 412 g/mol. The Hall–Kier alpha value is -2.86. The van der Waals surface area contributed by atoms with Crippen LogP contribution in [0.5, 0.6) is 5.75 Å². The molecule has 1 atom stereocenters. The quantitative estimate of drug-likeness (QED) is 0.615. The van der Waals surface area contributed by atoms with Crippen molar-refractivity contribution in [1.29, 1.82) is 0 Å². The number of benzene rings is 2. The Labute approximate surface area is 175 Å². The van der Waals surface area contributed by atoms with Crippen LogP contribution >= 0.6 is 11.6 Å². The highest BCUT2D eigenvalue weighted by Crippen LogP contribution is 2.32. The number of ether oxygens (including phenoxy) is 1. The average molecular weight is 413 g/mol. The molecule has 0 aliphatic heterocycles. The minimum atomic E-state index is -0.180. The van der Waals surface area contributed by atoms with Crippen molar-refractivity contribution in [2.45, 2.75) is 39.7 Å². The van der Waals surface area contributed by atoms with E-state index in [1.807, 2.05) is 50.2 Å². The molecule has 6 nitrogen and oxygen atoms in total. The lowest BCUT2D eigenvalue weighted by atomic mass is 10.0. The number of hydrogen-bond donors (Lipinski definition) is 1. The fourth-order valence-electron chi connectivity index (χ4n) is 3.01. The Bertz CT molecular complexity index is 969. The van der Waals surface area contributed by atoms with Gasteiger partial charge in [0.25, 0.3) is 5.91 Å². The molecule has 0 spiro atoms. The maximum Gasteiger partial charge on any atom is 0.258 e. The zero-order valence-corrected chi connectivity index (χ0v) is 17.8. The Morgan fingerprint density at radius 2 is 1.93 bits per heavy atom. The first-order valence-electron chi connectivity index (χ1n) is 9.52. The van der Waals surface area contributed by atoms with E-state index in [1.54, 1.807) is 11.0 Å². The molecular formula is C22H25ClN4O2. The van der Waals surface area contributed by atoms with Crippen molar-refractivity contribution >= 4 is 17.5 Å². The van der Waals surface area contributed by atoms with Crippen LogP contribution in [0.15, 0.2) is 49.1 Å². The molecule has 0 aliphatic rings. The molecule has 0 bridgehead atoms. The van der Waals surface area contributed by atoms with E-state index >= 15 is 0 Å². The zero-order valence-electron chi connectivity index (χ0n) is 17.0. The number of carbonyl (C=O) groups is 1. The second-order valence-corrected chi connectivity index (χ2v) is 7.71. The number of rotatable bonds is 7. The van der Waals surface area contributed by atoms with Crippen molar-refractivity contribution in [1.82, 2.24) is 20.1 Å². The maximum absolute atomic E-state index is 12.4. The van der Waals surface area contributed by atoms with Crippen LogP contribution < -0.4 is 10.1 Å². The van der Waals surface area contributed by atoms with E-state index in [2.05, 4.69) is 29.2 Å². The SMILES string of the molecule is Cc1cc(OCC(=O)N[C@@H](C)c2ccc(-n3cncn3)cc2)c(C(C)C)cc1Cl. The molecule has 1 amide bonds. The fraction of sp³-hybridized carbons (Fsp3) is 0.318. The van der Waals surface area contributed by atoms with Gasteiger partial charge in [0.05, 0.1) is 11.7 Å². The molecule has 0 unspecified atom stereocenters. The zero-order chi connectivity index (χ0) is 21.0. The van der Waals surface area contributed by atoms with Crippen LogP contribution in [0.3, 0.4) is 0 Å². The van der Waals surface area contributed by atoms with Crippen LogP contribution in [0, 0.1) is 6.92 Å². The van der Waals surface area contributed by atoms with Crippen LogP contribution in [-0.2, 0) is 4.79 Å². The van der Waals surface area contributed by atoms with Gasteiger partial charge in [-0.25, -0.2) is 9.67 Å². The summed E-state index contributed by atoms with van der Waals surface area (Å²) in [6.45, 7) is 7.94. The number of hydrogen-bond acceptors (Lipinski definition) is 4. The molecule has 2 aromatic carbocycles. The third kappa shape index (κ3) is 5.15. The van der Waals surface area contributed by atoms with Gasteiger partial charge in [0.15, 0.2) is 6.61 Å². The number of nitrogens with zero attached hydrogens (tertiary/aromatic N) is 3. The first-order valence-corrected chi connectivity index (χ1v) is 9.90. The van der Waals surface area contributed by atoms with Gasteiger partial charge >= 0.3 is 0 Å². The minimum absolute atomic E-state index is 0.0534. The summed E-state index contributed by atoms with van der Waals surface area (Å²) in [6.07, 6.45) is 3.13. The van der Waals surface area contributed by atoms with Crippen molar-refractivity contribution in [3.8, 4) is 11.4 Å². The molecule has 1 aromatic heterocycles. The van der Waals surface area contributed by atoms with Crippen molar-refractivity contribution in [2.75, 3.05) is 6.61 Å². The van der Waals surface area contributed by atoms with Gasteiger partial charge in [-0.2, -0.15) is 5.10 Å². The molecule has 0 saturated carbocycles. The summed E-state index contributed by atoms with van der Waals surface area (Å²) in [4.78, 5) is 16.3. The predicted molar refractivity (Wildman–Crippen MR) is 114 cm³/mol. The number of aromatic nitrogens is 3. The Morgan fingerprint density at radius 3 is 2.55 bits per heavy atom. The smallest absolute Gasteiger partial charge is 0.258 e. The summed E-state index contributed by atoms with van der Waals surface area (Å²) in [6, 6.07) is 11.5. The molecule has 0 aliphatic carbocycles. The van der Waals surface area contributed by atoms with E-state index < -0.39 is 0 Å². The van der Waals surface area contributed by atoms with Gasteiger partial charge in [0, 0.05) is 5.02 Å². The van der Waals surface area contributed by atoms with E-state index in [0.717, 1.165) is 22.4 Å². The topological polar surface area (TPSA) is 69.0 Å². The Morgan fingerprint density at radius 1 is 1.21 bits per heavy atom. The van der Waals surface area contributed by atoms with Crippen LogP contribution in [0.4, 0.5) is 0 Å². The van der Waals surface area contributed by atoms with Crippen molar-refractivity contribution in [3.05, 3.63) is 70.8 Å². The molecule has 0 saturated heterocycles. The lowest BCUT2D eigenvalue weighted by molar-refractivity contribution is -0.123. The summed E-state index contributed by atoms with van der Waals surface area (Å²) < 4.78 is 7.49. The molecule has 0 fully saturated rings. The highest BCUT2D eigenvalue weighted by molar-refractivity contribution is 6.31. The summed E-state index contributed by atoms with van der Waals surface area (Å²) in [5, 5.41) is 7.78. The number of amides is 1. The summed E-state index contributed by atoms with van der Waals surface area (Å²) in [5.41, 5.74) is 3.82. The number of nitrogens with one attached hydrogen (secondary N) is 1. The van der Waals surface area contributed by atoms with E-state index in [-0.39, 0.29) is 24.5 Å². The summed E-state index contributed by atoms with van der Waals surface area (Å²) in [5.74, 6) is 0.760. The Balaban J connectivity index is 1.60. The third-order valence-electron chi connectivity index (χ3n) is 4.73. The third-order valence-corrected chi connectivity index (χ3v) is 5.13. The first kappa shape index (κ1) is 20.9. The predicted octanol–water partition coefficient (Wildman–Crippen LogP) is 4.61. The first-order chi connectivity index (χ1) is 13.8. The van der Waals surface area contributed by atoms with Crippen LogP contribution in [0.1, 0.15) is 49.4 Å². The van der Waals surface area contributed by atoms with E-state index in [1.165, 1.54) is 6.33 Å². The van der Waals surface area contributed by atoms with E-state index in [9.17, 15) is 4.79 Å². The second kappa shape index (κ2) is 9.09.